The van der Waals surface area contributed by atoms with Crippen molar-refractivity contribution in [3.8, 4) is 0 Å². The summed E-state index contributed by atoms with van der Waals surface area (Å²) in [5.74, 6) is 0.208. The largest absolute Gasteiger partial charge is 0.316 e. The van der Waals surface area contributed by atoms with Crippen LogP contribution in [0.4, 0.5) is 4.39 Å². The number of carbonyl (C=O) groups is 1. The Labute approximate surface area is 164 Å². The predicted molar refractivity (Wildman–Crippen MR) is 107 cm³/mol. The standard InChI is InChI=1S/C19H18ClFN2OS2/c1-2-10-23-16-8-5-14(21)12-17(16)26-19(23)22-18(24)9-11-25-15-6-3-13(20)4-7-15/h3-8,12H,2,9-11H2,1H3. The van der Waals surface area contributed by atoms with E-state index in [-0.39, 0.29) is 11.7 Å². The molecule has 26 heavy (non-hydrogen) atoms. The first-order valence-corrected chi connectivity index (χ1v) is 10.5. The van der Waals surface area contributed by atoms with Gasteiger partial charge in [-0.05, 0) is 48.9 Å². The average molecular weight is 409 g/mol. The molecule has 0 atom stereocenters. The minimum atomic E-state index is -0.278. The summed E-state index contributed by atoms with van der Waals surface area (Å²) in [4.78, 5) is 18.3. The third kappa shape index (κ3) is 4.75. The lowest BCUT2D eigenvalue weighted by Crippen LogP contribution is -2.16. The summed E-state index contributed by atoms with van der Waals surface area (Å²) in [7, 11) is 0. The van der Waals surface area contributed by atoms with Gasteiger partial charge in [0.25, 0.3) is 0 Å². The molecule has 0 radical (unpaired) electrons. The third-order valence-corrected chi connectivity index (χ3v) is 6.02. The van der Waals surface area contributed by atoms with Crippen molar-refractivity contribution in [2.24, 2.45) is 4.99 Å². The Balaban J connectivity index is 1.74. The van der Waals surface area contributed by atoms with Gasteiger partial charge in [-0.3, -0.25) is 4.79 Å². The van der Waals surface area contributed by atoms with E-state index in [0.717, 1.165) is 28.1 Å². The van der Waals surface area contributed by atoms with Crippen molar-refractivity contribution in [2.75, 3.05) is 5.75 Å². The number of benzene rings is 2. The van der Waals surface area contributed by atoms with Crippen LogP contribution in [0.25, 0.3) is 10.2 Å². The second-order valence-electron chi connectivity index (χ2n) is 5.71. The van der Waals surface area contributed by atoms with Gasteiger partial charge < -0.3 is 4.57 Å². The molecule has 1 amide bonds. The molecule has 0 aliphatic carbocycles. The molecule has 0 spiro atoms. The number of fused-ring (bicyclic) bond motifs is 1. The van der Waals surface area contributed by atoms with Crippen molar-refractivity contribution in [3.05, 3.63) is 58.1 Å². The SMILES string of the molecule is CCCn1c(=NC(=O)CCSc2ccc(Cl)cc2)sc2cc(F)ccc21. The number of carbonyl (C=O) groups excluding carboxylic acids is 1. The molecular formula is C19H18ClFN2OS2. The van der Waals surface area contributed by atoms with E-state index in [0.29, 0.717) is 22.0 Å². The van der Waals surface area contributed by atoms with Crippen molar-refractivity contribution in [3.63, 3.8) is 0 Å². The number of thioether (sulfide) groups is 1. The molecule has 1 heterocycles. The number of aromatic nitrogens is 1. The number of rotatable bonds is 6. The molecule has 0 aliphatic rings. The lowest BCUT2D eigenvalue weighted by Gasteiger charge is -2.02. The van der Waals surface area contributed by atoms with Crippen molar-refractivity contribution in [2.45, 2.75) is 31.2 Å². The highest BCUT2D eigenvalue weighted by Gasteiger charge is 2.08. The molecule has 0 unspecified atom stereocenters. The highest BCUT2D eigenvalue weighted by atomic mass is 35.5. The van der Waals surface area contributed by atoms with E-state index in [1.165, 1.54) is 23.5 Å². The van der Waals surface area contributed by atoms with Gasteiger partial charge in [-0.1, -0.05) is 29.9 Å². The van der Waals surface area contributed by atoms with Crippen molar-refractivity contribution in [1.82, 2.24) is 4.57 Å². The number of halogens is 2. The van der Waals surface area contributed by atoms with Crippen molar-refractivity contribution >= 4 is 50.8 Å². The number of hydrogen-bond acceptors (Lipinski definition) is 3. The molecule has 1 aromatic heterocycles. The summed E-state index contributed by atoms with van der Waals surface area (Å²) in [5.41, 5.74) is 0.917. The number of hydrogen-bond donors (Lipinski definition) is 0. The molecule has 7 heteroatoms. The van der Waals surface area contributed by atoms with Gasteiger partial charge in [0.15, 0.2) is 4.80 Å². The first-order chi connectivity index (χ1) is 12.6. The maximum absolute atomic E-state index is 13.5. The monoisotopic (exact) mass is 408 g/mol. The van der Waals surface area contributed by atoms with Crippen molar-refractivity contribution in [1.29, 1.82) is 0 Å². The van der Waals surface area contributed by atoms with Gasteiger partial charge in [-0.2, -0.15) is 4.99 Å². The Morgan fingerprint density at radius 2 is 2.04 bits per heavy atom. The van der Waals surface area contributed by atoms with Crippen LogP contribution in [0.5, 0.6) is 0 Å². The maximum Gasteiger partial charge on any atom is 0.249 e. The molecule has 0 bridgehead atoms. The van der Waals surface area contributed by atoms with Gasteiger partial charge in [0.1, 0.15) is 5.82 Å². The van der Waals surface area contributed by atoms with Crippen LogP contribution in [0, 0.1) is 5.82 Å². The van der Waals surface area contributed by atoms with Gasteiger partial charge in [0.05, 0.1) is 10.2 Å². The zero-order valence-electron chi connectivity index (χ0n) is 14.2. The van der Waals surface area contributed by atoms with Crippen LogP contribution in [-0.2, 0) is 11.3 Å². The van der Waals surface area contributed by atoms with Gasteiger partial charge >= 0.3 is 0 Å². The highest BCUT2D eigenvalue weighted by Crippen LogP contribution is 2.21. The Morgan fingerprint density at radius 1 is 1.27 bits per heavy atom. The van der Waals surface area contributed by atoms with E-state index in [9.17, 15) is 9.18 Å². The lowest BCUT2D eigenvalue weighted by molar-refractivity contribution is -0.117. The van der Waals surface area contributed by atoms with Gasteiger partial charge in [0, 0.05) is 28.6 Å². The molecule has 3 nitrogen and oxygen atoms in total. The van der Waals surface area contributed by atoms with Crippen LogP contribution in [0.1, 0.15) is 19.8 Å². The molecule has 0 fully saturated rings. The molecule has 136 valence electrons. The predicted octanol–water partition coefficient (Wildman–Crippen LogP) is 5.52. The number of aryl methyl sites for hydroxylation is 1. The fourth-order valence-electron chi connectivity index (χ4n) is 2.52. The first-order valence-electron chi connectivity index (χ1n) is 8.31. The van der Waals surface area contributed by atoms with E-state index < -0.39 is 0 Å². The molecule has 3 aromatic rings. The second-order valence-corrected chi connectivity index (χ2v) is 8.32. The average Bonchev–Trinajstić information content (AvgIpc) is 2.93. The van der Waals surface area contributed by atoms with Crippen molar-refractivity contribution < 1.29 is 9.18 Å². The minimum Gasteiger partial charge on any atom is -0.316 e. The summed E-state index contributed by atoms with van der Waals surface area (Å²) in [6, 6.07) is 12.2. The summed E-state index contributed by atoms with van der Waals surface area (Å²) in [6.07, 6.45) is 1.26. The van der Waals surface area contributed by atoms with E-state index in [4.69, 9.17) is 11.6 Å². The summed E-state index contributed by atoms with van der Waals surface area (Å²) in [6.45, 7) is 2.81. The Bertz CT molecular complexity index is 979. The summed E-state index contributed by atoms with van der Waals surface area (Å²) in [5, 5.41) is 0.696. The van der Waals surface area contributed by atoms with E-state index in [1.807, 2.05) is 28.8 Å². The van der Waals surface area contributed by atoms with Crippen LogP contribution in [0.15, 0.2) is 52.4 Å². The molecular weight excluding hydrogens is 391 g/mol. The molecule has 0 saturated heterocycles. The number of nitrogens with zero attached hydrogens (tertiary/aromatic N) is 2. The maximum atomic E-state index is 13.5. The number of amides is 1. The van der Waals surface area contributed by atoms with Crippen LogP contribution in [0.2, 0.25) is 5.02 Å². The molecule has 0 saturated carbocycles. The van der Waals surface area contributed by atoms with Gasteiger partial charge in [0.2, 0.25) is 5.91 Å². The quantitative estimate of drug-likeness (QED) is 0.503. The Morgan fingerprint density at radius 3 is 2.77 bits per heavy atom. The number of thiazole rings is 1. The van der Waals surface area contributed by atoms with E-state index >= 15 is 0 Å². The normalized spacial score (nSPS) is 12.0. The van der Waals surface area contributed by atoms with E-state index in [1.54, 1.807) is 17.8 Å². The highest BCUT2D eigenvalue weighted by molar-refractivity contribution is 7.99. The summed E-state index contributed by atoms with van der Waals surface area (Å²) < 4.78 is 16.3. The molecule has 2 aromatic carbocycles. The Hall–Kier alpha value is -1.63. The molecule has 0 N–H and O–H groups in total. The third-order valence-electron chi connectivity index (χ3n) is 3.71. The van der Waals surface area contributed by atoms with Crippen LogP contribution >= 0.6 is 34.7 Å². The molecule has 3 rings (SSSR count). The van der Waals surface area contributed by atoms with Crippen LogP contribution < -0.4 is 4.80 Å². The fourth-order valence-corrected chi connectivity index (χ4v) is 4.59. The zero-order chi connectivity index (χ0) is 18.5. The zero-order valence-corrected chi connectivity index (χ0v) is 16.6. The topological polar surface area (TPSA) is 34.4 Å². The smallest absolute Gasteiger partial charge is 0.249 e. The Kier molecular flexibility index (Phi) is 6.51. The van der Waals surface area contributed by atoms with Crippen LogP contribution in [0.3, 0.4) is 0 Å². The van der Waals surface area contributed by atoms with Gasteiger partial charge in [-0.25, -0.2) is 4.39 Å². The van der Waals surface area contributed by atoms with Gasteiger partial charge in [-0.15, -0.1) is 11.8 Å². The van der Waals surface area contributed by atoms with Crippen LogP contribution in [-0.4, -0.2) is 16.2 Å². The first kappa shape index (κ1) is 19.1. The van der Waals surface area contributed by atoms with E-state index in [2.05, 4.69) is 11.9 Å². The lowest BCUT2D eigenvalue weighted by atomic mass is 10.3. The fraction of sp³-hybridized carbons (Fsp3) is 0.263. The molecule has 0 aliphatic heterocycles. The minimum absolute atomic E-state index is 0.164. The second kappa shape index (κ2) is 8.84. The summed E-state index contributed by atoms with van der Waals surface area (Å²) >= 11 is 8.82.